The van der Waals surface area contributed by atoms with Gasteiger partial charge < -0.3 is 9.47 Å². The normalized spacial score (nSPS) is 11.4. The maximum atomic E-state index is 13.0. The molecule has 0 aliphatic heterocycles. The lowest BCUT2D eigenvalue weighted by Crippen LogP contribution is -2.12. The number of carbonyl (C=O) groups excluding carboxylic acids is 1. The second-order valence-electron chi connectivity index (χ2n) is 4.92. The molecule has 0 heterocycles. The minimum Gasteiger partial charge on any atom is -0.489 e. The summed E-state index contributed by atoms with van der Waals surface area (Å²) in [7, 11) is -3.24. The molecule has 2 aromatic carbocycles. The molecule has 0 radical (unpaired) electrons. The van der Waals surface area contributed by atoms with Crippen molar-refractivity contribution in [3.8, 4) is 5.75 Å². The molecule has 140 valence electrons. The van der Waals surface area contributed by atoms with Gasteiger partial charge in [0, 0.05) is 0 Å². The Hall–Kier alpha value is -2.59. The highest BCUT2D eigenvalue weighted by Gasteiger charge is 2.32. The first-order valence-electron chi connectivity index (χ1n) is 7.09. The fraction of sp³-hybridized carbons (Fsp3) is 0.188. The molecule has 0 aliphatic rings. The molecule has 0 amide bonds. The van der Waals surface area contributed by atoms with Gasteiger partial charge in [-0.3, -0.25) is 0 Å². The van der Waals surface area contributed by atoms with Gasteiger partial charge >= 0.3 is 12.1 Å². The summed E-state index contributed by atoms with van der Waals surface area (Å²) < 4.78 is 73.3. The predicted octanol–water partition coefficient (Wildman–Crippen LogP) is 2.94. The standard InChI is InChI=1S/C16H13F3O6S/c17-16(18,19)13-6-12(15(20)24-10-25-26(21)22)7-14(8-13)23-9-11-4-2-1-3-5-11/h1-8,26H,9-10H2. The van der Waals surface area contributed by atoms with Crippen molar-refractivity contribution >= 4 is 17.0 Å². The highest BCUT2D eigenvalue weighted by molar-refractivity contribution is 7.67. The quantitative estimate of drug-likeness (QED) is 0.445. The lowest BCUT2D eigenvalue weighted by Gasteiger charge is -2.13. The minimum atomic E-state index is -4.71. The Labute approximate surface area is 148 Å². The van der Waals surface area contributed by atoms with Crippen molar-refractivity contribution in [1.82, 2.24) is 0 Å². The van der Waals surface area contributed by atoms with Gasteiger partial charge in [-0.2, -0.15) is 13.2 Å². The van der Waals surface area contributed by atoms with Crippen molar-refractivity contribution in [2.45, 2.75) is 12.8 Å². The highest BCUT2D eigenvalue weighted by atomic mass is 32.2. The van der Waals surface area contributed by atoms with Gasteiger partial charge in [-0.25, -0.2) is 17.4 Å². The van der Waals surface area contributed by atoms with Gasteiger partial charge in [-0.05, 0) is 23.8 Å². The molecular weight excluding hydrogens is 377 g/mol. The predicted molar refractivity (Wildman–Crippen MR) is 83.9 cm³/mol. The monoisotopic (exact) mass is 390 g/mol. The summed E-state index contributed by atoms with van der Waals surface area (Å²) in [4.78, 5) is 11.8. The maximum Gasteiger partial charge on any atom is 0.416 e. The minimum absolute atomic E-state index is 0.00357. The second kappa shape index (κ2) is 8.68. The molecule has 0 aliphatic carbocycles. The smallest absolute Gasteiger partial charge is 0.416 e. The summed E-state index contributed by atoms with van der Waals surface area (Å²) >= 11 is 0. The van der Waals surface area contributed by atoms with E-state index in [4.69, 9.17) is 4.74 Å². The number of benzene rings is 2. The third kappa shape index (κ3) is 6.05. The molecule has 0 N–H and O–H groups in total. The molecule has 0 saturated heterocycles. The van der Waals surface area contributed by atoms with E-state index in [1.54, 1.807) is 30.3 Å². The molecule has 0 saturated carbocycles. The van der Waals surface area contributed by atoms with Crippen molar-refractivity contribution in [2.75, 3.05) is 6.79 Å². The van der Waals surface area contributed by atoms with Crippen molar-refractivity contribution in [1.29, 1.82) is 0 Å². The summed E-state index contributed by atoms with van der Waals surface area (Å²) in [6.45, 7) is -0.940. The molecule has 0 spiro atoms. The van der Waals surface area contributed by atoms with Crippen LogP contribution in [0.15, 0.2) is 48.5 Å². The number of rotatable bonds is 7. The van der Waals surface area contributed by atoms with Crippen LogP contribution in [0.5, 0.6) is 5.75 Å². The number of hydrogen-bond acceptors (Lipinski definition) is 6. The van der Waals surface area contributed by atoms with E-state index >= 15 is 0 Å². The van der Waals surface area contributed by atoms with Crippen LogP contribution in [-0.2, 0) is 32.7 Å². The van der Waals surface area contributed by atoms with Crippen LogP contribution in [0.25, 0.3) is 0 Å². The van der Waals surface area contributed by atoms with Gasteiger partial charge in [-0.15, -0.1) is 0 Å². The Morgan fingerprint density at radius 2 is 1.73 bits per heavy atom. The van der Waals surface area contributed by atoms with E-state index in [-0.39, 0.29) is 12.4 Å². The molecule has 10 heteroatoms. The van der Waals surface area contributed by atoms with Crippen LogP contribution in [0.1, 0.15) is 21.5 Å². The molecular formula is C16H13F3O6S. The number of hydrogen-bond donors (Lipinski definition) is 1. The van der Waals surface area contributed by atoms with Gasteiger partial charge in [0.15, 0.2) is 0 Å². The van der Waals surface area contributed by atoms with E-state index in [1.807, 2.05) is 0 Å². The highest BCUT2D eigenvalue weighted by Crippen LogP contribution is 2.33. The first kappa shape index (κ1) is 19.7. The zero-order chi connectivity index (χ0) is 19.2. The first-order chi connectivity index (χ1) is 12.3. The lowest BCUT2D eigenvalue weighted by atomic mass is 10.1. The molecule has 2 aromatic rings. The van der Waals surface area contributed by atoms with Crippen LogP contribution in [0.2, 0.25) is 0 Å². The van der Waals surface area contributed by atoms with Crippen LogP contribution in [-0.4, -0.2) is 21.2 Å². The number of halogens is 3. The van der Waals surface area contributed by atoms with Crippen molar-refractivity contribution < 1.29 is 40.0 Å². The number of thiol groups is 1. The Kier molecular flexibility index (Phi) is 6.58. The van der Waals surface area contributed by atoms with E-state index in [0.29, 0.717) is 6.07 Å². The summed E-state index contributed by atoms with van der Waals surface area (Å²) in [6, 6.07) is 11.1. The van der Waals surface area contributed by atoms with Crippen molar-refractivity contribution in [2.24, 2.45) is 0 Å². The number of carbonyl (C=O) groups is 1. The Balaban J connectivity index is 2.20. The summed E-state index contributed by atoms with van der Waals surface area (Å²) in [6.07, 6.45) is -4.71. The van der Waals surface area contributed by atoms with Crippen LogP contribution in [0.4, 0.5) is 13.2 Å². The average Bonchev–Trinajstić information content (AvgIpc) is 2.59. The fourth-order valence-electron chi connectivity index (χ4n) is 1.91. The Bertz CT molecular complexity index is 826. The van der Waals surface area contributed by atoms with E-state index in [9.17, 15) is 26.4 Å². The Morgan fingerprint density at radius 1 is 1.04 bits per heavy atom. The van der Waals surface area contributed by atoms with Gasteiger partial charge in [0.1, 0.15) is 12.4 Å². The summed E-state index contributed by atoms with van der Waals surface area (Å²) in [5, 5.41) is 0. The van der Waals surface area contributed by atoms with Gasteiger partial charge in [0.2, 0.25) is 6.79 Å². The topological polar surface area (TPSA) is 78.9 Å². The molecule has 0 aromatic heterocycles. The first-order valence-corrected chi connectivity index (χ1v) is 8.18. The van der Waals surface area contributed by atoms with E-state index < -0.39 is 41.1 Å². The van der Waals surface area contributed by atoms with Gasteiger partial charge in [-0.1, -0.05) is 30.3 Å². The maximum absolute atomic E-state index is 13.0. The summed E-state index contributed by atoms with van der Waals surface area (Å²) in [5.74, 6) is -1.37. The molecule has 0 fully saturated rings. The zero-order valence-electron chi connectivity index (χ0n) is 13.1. The largest absolute Gasteiger partial charge is 0.489 e. The molecule has 0 bridgehead atoms. The van der Waals surface area contributed by atoms with Crippen LogP contribution in [0, 0.1) is 0 Å². The lowest BCUT2D eigenvalue weighted by molar-refractivity contribution is -0.137. The van der Waals surface area contributed by atoms with Gasteiger partial charge in [0.05, 0.1) is 11.1 Å². The number of esters is 1. The molecule has 6 nitrogen and oxygen atoms in total. The number of ether oxygens (including phenoxy) is 2. The molecule has 0 atom stereocenters. The summed E-state index contributed by atoms with van der Waals surface area (Å²) in [5.41, 5.74) is -0.833. The van der Waals surface area contributed by atoms with E-state index in [0.717, 1.165) is 17.7 Å². The second-order valence-corrected chi connectivity index (χ2v) is 5.63. The Morgan fingerprint density at radius 3 is 2.35 bits per heavy atom. The number of alkyl halides is 3. The SMILES string of the molecule is O=C(OCO[SH](=O)=O)c1cc(OCc2ccccc2)cc(C(F)(F)F)c1. The van der Waals surface area contributed by atoms with E-state index in [1.165, 1.54) is 0 Å². The average molecular weight is 390 g/mol. The molecule has 26 heavy (non-hydrogen) atoms. The third-order valence-corrected chi connectivity index (χ3v) is 3.38. The van der Waals surface area contributed by atoms with Crippen LogP contribution < -0.4 is 4.74 Å². The van der Waals surface area contributed by atoms with Crippen LogP contribution in [0.3, 0.4) is 0 Å². The molecule has 0 unspecified atom stereocenters. The zero-order valence-corrected chi connectivity index (χ0v) is 14.0. The third-order valence-electron chi connectivity index (χ3n) is 3.07. The van der Waals surface area contributed by atoms with Crippen molar-refractivity contribution in [3.05, 3.63) is 65.2 Å². The van der Waals surface area contributed by atoms with Crippen LogP contribution >= 0.6 is 0 Å². The van der Waals surface area contributed by atoms with Crippen molar-refractivity contribution in [3.63, 3.8) is 0 Å². The van der Waals surface area contributed by atoms with Gasteiger partial charge in [0.25, 0.3) is 11.0 Å². The molecule has 2 rings (SSSR count). The van der Waals surface area contributed by atoms with E-state index in [2.05, 4.69) is 8.92 Å². The fourth-order valence-corrected chi connectivity index (χ4v) is 2.05.